The van der Waals surface area contributed by atoms with Crippen molar-refractivity contribution in [3.63, 3.8) is 0 Å². The van der Waals surface area contributed by atoms with Gasteiger partial charge in [-0.1, -0.05) is 24.3 Å². The number of ether oxygens (including phenoxy) is 1. The number of urea groups is 1. The van der Waals surface area contributed by atoms with Crippen LogP contribution in [-0.4, -0.2) is 26.7 Å². The quantitative estimate of drug-likeness (QED) is 0.271. The number of carbonyl (C=O) groups excluding carboxylic acids is 2. The number of benzene rings is 2. The number of amides is 3. The normalized spacial score (nSPS) is 14.5. The van der Waals surface area contributed by atoms with Crippen LogP contribution in [0, 0.1) is 15.9 Å². The van der Waals surface area contributed by atoms with E-state index in [2.05, 4.69) is 10.3 Å². The molecule has 1 aliphatic rings. The van der Waals surface area contributed by atoms with Crippen LogP contribution >= 0.6 is 0 Å². The first kappa shape index (κ1) is 20.7. The Bertz CT molecular complexity index is 1210. The summed E-state index contributed by atoms with van der Waals surface area (Å²) >= 11 is 0. The van der Waals surface area contributed by atoms with E-state index in [1.54, 1.807) is 24.3 Å². The minimum Gasteiger partial charge on any atom is -0.439 e. The van der Waals surface area contributed by atoms with E-state index in [1.165, 1.54) is 42.5 Å². The van der Waals surface area contributed by atoms with Crippen molar-refractivity contribution >= 4 is 23.7 Å². The van der Waals surface area contributed by atoms with Gasteiger partial charge in [0.05, 0.1) is 11.5 Å². The Morgan fingerprint density at radius 1 is 1.06 bits per heavy atom. The van der Waals surface area contributed by atoms with Crippen LogP contribution in [0.4, 0.5) is 14.9 Å². The number of rotatable bonds is 6. The van der Waals surface area contributed by atoms with Crippen LogP contribution in [0.3, 0.4) is 0 Å². The smallest absolute Gasteiger partial charge is 0.329 e. The summed E-state index contributed by atoms with van der Waals surface area (Å²) in [4.78, 5) is 39.8. The fourth-order valence-corrected chi connectivity index (χ4v) is 2.95. The number of nitro groups is 1. The third-order valence-electron chi connectivity index (χ3n) is 4.56. The van der Waals surface area contributed by atoms with E-state index < -0.39 is 22.7 Å². The van der Waals surface area contributed by atoms with E-state index in [1.807, 2.05) is 0 Å². The lowest BCUT2D eigenvalue weighted by Gasteiger charge is -2.11. The molecule has 0 bridgehead atoms. The molecule has 1 fully saturated rings. The summed E-state index contributed by atoms with van der Waals surface area (Å²) in [6.45, 7) is 0.0251. The first-order valence-corrected chi connectivity index (χ1v) is 9.36. The predicted molar refractivity (Wildman–Crippen MR) is 111 cm³/mol. The first-order chi connectivity index (χ1) is 15.4. The number of hydrogen-bond acceptors (Lipinski definition) is 6. The van der Waals surface area contributed by atoms with Gasteiger partial charge in [-0.05, 0) is 41.5 Å². The maximum absolute atomic E-state index is 13.0. The number of nitrogens with one attached hydrogen (secondary N) is 1. The second-order valence-electron chi connectivity index (χ2n) is 6.79. The first-order valence-electron chi connectivity index (χ1n) is 9.36. The van der Waals surface area contributed by atoms with E-state index in [9.17, 15) is 24.1 Å². The van der Waals surface area contributed by atoms with Crippen LogP contribution in [0.1, 0.15) is 11.1 Å². The molecule has 1 aliphatic heterocycles. The summed E-state index contributed by atoms with van der Waals surface area (Å²) in [5.41, 5.74) is 1.23. The average molecular weight is 434 g/mol. The van der Waals surface area contributed by atoms with Crippen LogP contribution in [0.15, 0.2) is 72.6 Å². The molecule has 0 spiro atoms. The largest absolute Gasteiger partial charge is 0.439 e. The van der Waals surface area contributed by atoms with Crippen molar-refractivity contribution in [3.8, 4) is 11.6 Å². The maximum Gasteiger partial charge on any atom is 0.329 e. The number of aromatic nitrogens is 1. The van der Waals surface area contributed by atoms with Crippen molar-refractivity contribution in [1.29, 1.82) is 0 Å². The van der Waals surface area contributed by atoms with Crippen LogP contribution < -0.4 is 10.1 Å². The minimum atomic E-state index is -0.560. The number of pyridine rings is 1. The van der Waals surface area contributed by atoms with E-state index in [0.717, 1.165) is 11.1 Å². The highest BCUT2D eigenvalue weighted by atomic mass is 19.1. The van der Waals surface area contributed by atoms with Gasteiger partial charge in [0.15, 0.2) is 0 Å². The molecule has 3 amide bonds. The molecule has 0 radical (unpaired) electrons. The molecule has 3 aromatic rings. The molecule has 1 N–H and O–H groups in total. The Kier molecular flexibility index (Phi) is 5.58. The van der Waals surface area contributed by atoms with Gasteiger partial charge in [-0.15, -0.1) is 0 Å². The zero-order valence-corrected chi connectivity index (χ0v) is 16.4. The van der Waals surface area contributed by atoms with Gasteiger partial charge in [-0.25, -0.2) is 14.2 Å². The van der Waals surface area contributed by atoms with Crippen molar-refractivity contribution in [3.05, 3.63) is 99.6 Å². The van der Waals surface area contributed by atoms with Crippen LogP contribution in [0.2, 0.25) is 0 Å². The Morgan fingerprint density at radius 2 is 1.78 bits per heavy atom. The Hall–Kier alpha value is -4.60. The summed E-state index contributed by atoms with van der Waals surface area (Å²) in [6, 6.07) is 14.3. The highest BCUT2D eigenvalue weighted by Crippen LogP contribution is 2.23. The molecule has 1 saturated heterocycles. The summed E-state index contributed by atoms with van der Waals surface area (Å²) in [5.74, 6) is -0.261. The SMILES string of the molecule is O=C1NC(=Cc2ccc(Oc3ccc([N+](=O)[O-])cn3)cc2)C(=O)N1Cc1ccc(F)cc1. The summed E-state index contributed by atoms with van der Waals surface area (Å²) in [6.07, 6.45) is 2.62. The van der Waals surface area contributed by atoms with Crippen LogP contribution in [-0.2, 0) is 11.3 Å². The number of halogens is 1. The summed E-state index contributed by atoms with van der Waals surface area (Å²) < 4.78 is 18.6. The van der Waals surface area contributed by atoms with Gasteiger partial charge >= 0.3 is 6.03 Å². The van der Waals surface area contributed by atoms with Gasteiger partial charge in [0.1, 0.15) is 23.5 Å². The Balaban J connectivity index is 1.43. The zero-order valence-electron chi connectivity index (χ0n) is 16.4. The number of imide groups is 1. The van der Waals surface area contributed by atoms with E-state index in [0.29, 0.717) is 16.9 Å². The predicted octanol–water partition coefficient (Wildman–Crippen LogP) is 4.01. The molecule has 160 valence electrons. The highest BCUT2D eigenvalue weighted by Gasteiger charge is 2.33. The van der Waals surface area contributed by atoms with E-state index >= 15 is 0 Å². The third-order valence-corrected chi connectivity index (χ3v) is 4.56. The van der Waals surface area contributed by atoms with Crippen molar-refractivity contribution < 1.29 is 23.6 Å². The van der Waals surface area contributed by atoms with Crippen LogP contribution in [0.5, 0.6) is 11.6 Å². The fraction of sp³-hybridized carbons (Fsp3) is 0.0455. The van der Waals surface area contributed by atoms with Crippen molar-refractivity contribution in [2.75, 3.05) is 0 Å². The molecule has 0 aliphatic carbocycles. The molecule has 10 heteroatoms. The monoisotopic (exact) mass is 434 g/mol. The Morgan fingerprint density at radius 3 is 2.41 bits per heavy atom. The summed E-state index contributed by atoms with van der Waals surface area (Å²) in [5, 5.41) is 13.2. The fourth-order valence-electron chi connectivity index (χ4n) is 2.95. The number of nitrogens with zero attached hydrogens (tertiary/aromatic N) is 3. The molecule has 9 nitrogen and oxygen atoms in total. The molecular weight excluding hydrogens is 419 g/mol. The molecule has 2 heterocycles. The third kappa shape index (κ3) is 4.59. The molecule has 0 unspecified atom stereocenters. The second kappa shape index (κ2) is 8.64. The minimum absolute atomic E-state index is 0.0251. The van der Waals surface area contributed by atoms with Crippen molar-refractivity contribution in [2.45, 2.75) is 6.54 Å². The topological polar surface area (TPSA) is 115 Å². The standard InChI is InChI=1S/C22H15FN4O5/c23-16-5-1-15(2-6-16)13-26-21(28)19(25-22(26)29)11-14-3-8-18(9-4-14)32-20-10-7-17(12-24-20)27(30)31/h1-12H,13H2,(H,25,29). The zero-order chi connectivity index (χ0) is 22.7. The molecular formula is C22H15FN4O5. The molecule has 1 aromatic heterocycles. The van der Waals surface area contributed by atoms with Gasteiger partial charge in [-0.2, -0.15) is 0 Å². The second-order valence-corrected chi connectivity index (χ2v) is 6.79. The summed E-state index contributed by atoms with van der Waals surface area (Å²) in [7, 11) is 0. The lowest BCUT2D eigenvalue weighted by atomic mass is 10.1. The van der Waals surface area contributed by atoms with Gasteiger partial charge in [0.2, 0.25) is 5.88 Å². The molecule has 4 rings (SSSR count). The lowest BCUT2D eigenvalue weighted by molar-refractivity contribution is -0.385. The van der Waals surface area contributed by atoms with Gasteiger partial charge in [-0.3, -0.25) is 19.8 Å². The lowest BCUT2D eigenvalue weighted by Crippen LogP contribution is -2.30. The van der Waals surface area contributed by atoms with Gasteiger partial charge < -0.3 is 10.1 Å². The van der Waals surface area contributed by atoms with Gasteiger partial charge in [0.25, 0.3) is 11.6 Å². The maximum atomic E-state index is 13.0. The van der Waals surface area contributed by atoms with Crippen LogP contribution in [0.25, 0.3) is 6.08 Å². The number of carbonyl (C=O) groups is 2. The van der Waals surface area contributed by atoms with Crippen molar-refractivity contribution in [1.82, 2.24) is 15.2 Å². The number of hydrogen-bond donors (Lipinski definition) is 1. The molecule has 0 saturated carbocycles. The van der Waals surface area contributed by atoms with Gasteiger partial charge in [0, 0.05) is 12.1 Å². The van der Waals surface area contributed by atoms with Crippen molar-refractivity contribution in [2.24, 2.45) is 0 Å². The highest BCUT2D eigenvalue weighted by molar-refractivity contribution is 6.13. The Labute approximate surface area is 180 Å². The molecule has 2 aromatic carbocycles. The molecule has 0 atom stereocenters. The van der Waals surface area contributed by atoms with E-state index in [4.69, 9.17) is 4.74 Å². The molecule has 32 heavy (non-hydrogen) atoms. The average Bonchev–Trinajstić information content (AvgIpc) is 3.04. The van der Waals surface area contributed by atoms with E-state index in [-0.39, 0.29) is 23.8 Å².